The molecule has 0 unspecified atom stereocenters. The van der Waals surface area contributed by atoms with Crippen molar-refractivity contribution in [1.82, 2.24) is 9.62 Å². The minimum atomic E-state index is -3.55. The molecule has 1 aliphatic heterocycles. The van der Waals surface area contributed by atoms with Crippen molar-refractivity contribution in [3.8, 4) is 5.75 Å². The van der Waals surface area contributed by atoms with Gasteiger partial charge in [0.1, 0.15) is 5.75 Å². The summed E-state index contributed by atoms with van der Waals surface area (Å²) < 4.78 is 32.6. The third-order valence-electron chi connectivity index (χ3n) is 5.25. The smallest absolute Gasteiger partial charge is 0.243 e. The quantitative estimate of drug-likeness (QED) is 0.547. The van der Waals surface area contributed by atoms with Gasteiger partial charge < -0.3 is 10.1 Å². The lowest BCUT2D eigenvalue weighted by atomic mass is 9.97. The first-order valence-corrected chi connectivity index (χ1v) is 13.2. The summed E-state index contributed by atoms with van der Waals surface area (Å²) in [6, 6.07) is 16.8. The fourth-order valence-corrected chi connectivity index (χ4v) is 5.83. The molecule has 2 aromatic rings. The highest BCUT2D eigenvalue weighted by Crippen LogP contribution is 2.25. The van der Waals surface area contributed by atoms with Gasteiger partial charge in [0.25, 0.3) is 0 Å². The molecular weight excluding hydrogens is 432 g/mol. The molecule has 3 rings (SSSR count). The van der Waals surface area contributed by atoms with Gasteiger partial charge in [-0.3, -0.25) is 4.79 Å². The monoisotopic (exact) mass is 462 g/mol. The number of sulfonamides is 1. The first-order valence-electron chi connectivity index (χ1n) is 10.6. The summed E-state index contributed by atoms with van der Waals surface area (Å²) in [6.07, 6.45) is 1.08. The van der Waals surface area contributed by atoms with Crippen molar-refractivity contribution in [2.24, 2.45) is 5.92 Å². The summed E-state index contributed by atoms with van der Waals surface area (Å²) in [5.74, 6) is 2.33. The van der Waals surface area contributed by atoms with E-state index < -0.39 is 10.0 Å². The molecule has 168 valence electrons. The number of nitrogens with zero attached hydrogens (tertiary/aromatic N) is 1. The van der Waals surface area contributed by atoms with Gasteiger partial charge in [0.15, 0.2) is 0 Å². The predicted octanol–water partition coefficient (Wildman–Crippen LogP) is 3.54. The van der Waals surface area contributed by atoms with Crippen LogP contribution in [0.1, 0.15) is 25.3 Å². The predicted molar refractivity (Wildman–Crippen MR) is 125 cm³/mol. The maximum atomic E-state index is 12.9. The largest absolute Gasteiger partial charge is 0.494 e. The first kappa shape index (κ1) is 23.6. The Morgan fingerprint density at radius 3 is 2.42 bits per heavy atom. The standard InChI is InChI=1S/C23H30N2O4S2/c1-2-29-21-8-10-22(11-9-21)31(27,28)25-15-12-20(13-16-25)23(26)24-14-17-30-18-19-6-4-3-5-7-19/h3-11,20H,2,12-18H2,1H3,(H,24,26). The second kappa shape index (κ2) is 11.5. The average molecular weight is 463 g/mol. The van der Waals surface area contributed by atoms with Crippen LogP contribution in [0, 0.1) is 5.92 Å². The lowest BCUT2D eigenvalue weighted by Crippen LogP contribution is -2.43. The van der Waals surface area contributed by atoms with Crippen molar-refractivity contribution in [2.45, 2.75) is 30.4 Å². The summed E-state index contributed by atoms with van der Waals surface area (Å²) in [6.45, 7) is 3.76. The van der Waals surface area contributed by atoms with Crippen LogP contribution in [0.2, 0.25) is 0 Å². The molecule has 1 amide bonds. The highest BCUT2D eigenvalue weighted by molar-refractivity contribution is 7.98. The van der Waals surface area contributed by atoms with Crippen molar-refractivity contribution < 1.29 is 17.9 Å². The zero-order valence-corrected chi connectivity index (χ0v) is 19.5. The molecule has 0 bridgehead atoms. The number of carbonyl (C=O) groups excluding carboxylic acids is 1. The fraction of sp³-hybridized carbons (Fsp3) is 0.435. The van der Waals surface area contributed by atoms with Crippen LogP contribution in [0.3, 0.4) is 0 Å². The van der Waals surface area contributed by atoms with Crippen molar-refractivity contribution in [3.05, 3.63) is 60.2 Å². The third kappa shape index (κ3) is 6.72. The van der Waals surface area contributed by atoms with Gasteiger partial charge in [-0.15, -0.1) is 0 Å². The molecule has 1 N–H and O–H groups in total. The van der Waals surface area contributed by atoms with Crippen molar-refractivity contribution in [2.75, 3.05) is 32.0 Å². The molecule has 0 saturated carbocycles. The third-order valence-corrected chi connectivity index (χ3v) is 8.20. The number of thioether (sulfide) groups is 1. The number of hydrogen-bond donors (Lipinski definition) is 1. The normalized spacial score (nSPS) is 15.5. The number of amides is 1. The van der Waals surface area contributed by atoms with Crippen molar-refractivity contribution in [1.29, 1.82) is 0 Å². The zero-order chi connectivity index (χ0) is 22.1. The molecule has 6 nitrogen and oxygen atoms in total. The molecule has 0 aliphatic carbocycles. The highest BCUT2D eigenvalue weighted by atomic mass is 32.2. The van der Waals surface area contributed by atoms with Crippen molar-refractivity contribution in [3.63, 3.8) is 0 Å². The number of ether oxygens (including phenoxy) is 1. The summed E-state index contributed by atoms with van der Waals surface area (Å²) in [7, 11) is -3.55. The van der Waals surface area contributed by atoms with E-state index in [4.69, 9.17) is 4.74 Å². The van der Waals surface area contributed by atoms with Gasteiger partial charge in [-0.05, 0) is 49.6 Å². The molecule has 0 radical (unpaired) electrons. The van der Waals surface area contributed by atoms with E-state index in [9.17, 15) is 13.2 Å². The van der Waals surface area contributed by atoms with E-state index in [2.05, 4.69) is 17.4 Å². The first-order chi connectivity index (χ1) is 15.0. The Hall–Kier alpha value is -2.03. The number of piperidine rings is 1. The molecule has 0 aromatic heterocycles. The van der Waals surface area contributed by atoms with Crippen molar-refractivity contribution >= 4 is 27.7 Å². The number of rotatable bonds is 10. The van der Waals surface area contributed by atoms with Crippen LogP contribution in [0.4, 0.5) is 0 Å². The van der Waals surface area contributed by atoms with Crippen LogP contribution >= 0.6 is 11.8 Å². The Balaban J connectivity index is 1.40. The van der Waals surface area contributed by atoms with Crippen LogP contribution < -0.4 is 10.1 Å². The minimum Gasteiger partial charge on any atom is -0.494 e. The number of hydrogen-bond acceptors (Lipinski definition) is 5. The molecule has 2 aromatic carbocycles. The van der Waals surface area contributed by atoms with E-state index in [1.165, 1.54) is 9.87 Å². The van der Waals surface area contributed by atoms with Gasteiger partial charge in [0.2, 0.25) is 15.9 Å². The van der Waals surface area contributed by atoms with E-state index >= 15 is 0 Å². The molecule has 0 atom stereocenters. The molecule has 0 spiro atoms. The Morgan fingerprint density at radius 2 is 1.77 bits per heavy atom. The maximum absolute atomic E-state index is 12.9. The summed E-state index contributed by atoms with van der Waals surface area (Å²) in [5, 5.41) is 3.00. The van der Waals surface area contributed by atoms with Crippen LogP contribution in [-0.4, -0.2) is 50.6 Å². The van der Waals surface area contributed by atoms with Gasteiger partial charge in [-0.25, -0.2) is 8.42 Å². The summed E-state index contributed by atoms with van der Waals surface area (Å²) in [5.41, 5.74) is 1.28. The molecule has 1 heterocycles. The number of benzene rings is 2. The van der Waals surface area contributed by atoms with E-state index in [0.29, 0.717) is 44.8 Å². The van der Waals surface area contributed by atoms with E-state index in [0.717, 1.165) is 11.5 Å². The molecule has 1 aliphatic rings. The fourth-order valence-electron chi connectivity index (χ4n) is 3.54. The lowest BCUT2D eigenvalue weighted by molar-refractivity contribution is -0.125. The number of nitrogens with one attached hydrogen (secondary N) is 1. The average Bonchev–Trinajstić information content (AvgIpc) is 2.80. The topological polar surface area (TPSA) is 75.7 Å². The molecule has 31 heavy (non-hydrogen) atoms. The summed E-state index contributed by atoms with van der Waals surface area (Å²) >= 11 is 1.79. The van der Waals surface area contributed by atoms with E-state index in [1.807, 2.05) is 25.1 Å². The van der Waals surface area contributed by atoms with Crippen LogP contribution in [0.5, 0.6) is 5.75 Å². The van der Waals surface area contributed by atoms with Crippen LogP contribution in [0.15, 0.2) is 59.5 Å². The van der Waals surface area contributed by atoms with Gasteiger partial charge in [0, 0.05) is 37.1 Å². The molecule has 8 heteroatoms. The van der Waals surface area contributed by atoms with Gasteiger partial charge >= 0.3 is 0 Å². The zero-order valence-electron chi connectivity index (χ0n) is 17.8. The number of carbonyl (C=O) groups is 1. The maximum Gasteiger partial charge on any atom is 0.243 e. The van der Waals surface area contributed by atoms with E-state index in [-0.39, 0.29) is 16.7 Å². The van der Waals surface area contributed by atoms with Gasteiger partial charge in [0.05, 0.1) is 11.5 Å². The molecule has 1 saturated heterocycles. The summed E-state index contributed by atoms with van der Waals surface area (Å²) in [4.78, 5) is 12.7. The molecule has 1 fully saturated rings. The highest BCUT2D eigenvalue weighted by Gasteiger charge is 2.31. The lowest BCUT2D eigenvalue weighted by Gasteiger charge is -2.30. The van der Waals surface area contributed by atoms with Gasteiger partial charge in [-0.2, -0.15) is 16.1 Å². The Labute approximate surface area is 189 Å². The van der Waals surface area contributed by atoms with Crippen LogP contribution in [-0.2, 0) is 20.6 Å². The second-order valence-electron chi connectivity index (χ2n) is 7.41. The Morgan fingerprint density at radius 1 is 1.10 bits per heavy atom. The minimum absolute atomic E-state index is 0.0263. The Kier molecular flexibility index (Phi) is 8.80. The molecular formula is C23H30N2O4S2. The van der Waals surface area contributed by atoms with Gasteiger partial charge in [-0.1, -0.05) is 30.3 Å². The second-order valence-corrected chi connectivity index (χ2v) is 10.5. The Bertz CT molecular complexity index is 926. The SMILES string of the molecule is CCOc1ccc(S(=O)(=O)N2CCC(C(=O)NCCSCc3ccccc3)CC2)cc1. The van der Waals surface area contributed by atoms with Crippen LogP contribution in [0.25, 0.3) is 0 Å². The van der Waals surface area contributed by atoms with E-state index in [1.54, 1.807) is 36.0 Å².